The maximum atomic E-state index is 13.3. The van der Waals surface area contributed by atoms with Gasteiger partial charge in [0.2, 0.25) is 11.7 Å². The molecule has 5 aromatic rings. The van der Waals surface area contributed by atoms with E-state index < -0.39 is 0 Å². The molecule has 32 heavy (non-hydrogen) atoms. The highest BCUT2D eigenvalue weighted by Crippen LogP contribution is 2.24. The summed E-state index contributed by atoms with van der Waals surface area (Å²) in [6.45, 7) is 4.64. The number of fused-ring (bicyclic) bond motifs is 3. The van der Waals surface area contributed by atoms with Crippen molar-refractivity contribution in [2.75, 3.05) is 0 Å². The Hall–Kier alpha value is -3.46. The van der Waals surface area contributed by atoms with Crippen LogP contribution in [-0.2, 0) is 18.7 Å². The lowest BCUT2D eigenvalue weighted by Crippen LogP contribution is -2.24. The lowest BCUT2D eigenvalue weighted by Gasteiger charge is -2.11. The summed E-state index contributed by atoms with van der Waals surface area (Å²) in [5.74, 6) is 2.71. The zero-order chi connectivity index (χ0) is 22.1. The van der Waals surface area contributed by atoms with Crippen LogP contribution in [0.5, 0.6) is 0 Å². The average molecular weight is 447 g/mol. The summed E-state index contributed by atoms with van der Waals surface area (Å²) in [5, 5.41) is 14.1. The van der Waals surface area contributed by atoms with E-state index in [0.717, 1.165) is 17.5 Å². The van der Waals surface area contributed by atoms with Crippen molar-refractivity contribution < 1.29 is 4.52 Å². The van der Waals surface area contributed by atoms with E-state index in [9.17, 15) is 4.79 Å². The average Bonchev–Trinajstić information content (AvgIpc) is 3.42. The maximum Gasteiger partial charge on any atom is 0.263 e. The van der Waals surface area contributed by atoms with E-state index in [1.165, 1.54) is 11.8 Å². The van der Waals surface area contributed by atoms with Gasteiger partial charge in [-0.2, -0.15) is 4.98 Å². The minimum absolute atomic E-state index is 0.0857. The second-order valence-corrected chi connectivity index (χ2v) is 8.95. The third-order valence-electron chi connectivity index (χ3n) is 5.09. The fourth-order valence-corrected chi connectivity index (χ4v) is 4.43. The van der Waals surface area contributed by atoms with Crippen molar-refractivity contribution in [3.8, 4) is 0 Å². The van der Waals surface area contributed by atoms with Gasteiger partial charge in [-0.15, -0.1) is 10.2 Å². The van der Waals surface area contributed by atoms with Crippen LogP contribution in [0.15, 0.2) is 69.1 Å². The Balaban J connectivity index is 1.54. The summed E-state index contributed by atoms with van der Waals surface area (Å²) in [7, 11) is 0. The van der Waals surface area contributed by atoms with Gasteiger partial charge in [-0.1, -0.05) is 73.2 Å². The molecule has 8 nitrogen and oxygen atoms in total. The van der Waals surface area contributed by atoms with Crippen molar-refractivity contribution in [1.29, 1.82) is 0 Å². The highest BCUT2D eigenvalue weighted by molar-refractivity contribution is 7.98. The third kappa shape index (κ3) is 3.91. The standard InChI is InChI=1S/C23H22N6O2S/c1-15(2)12-20-24-19(27-31-20)14-32-23-26-25-22-28(13-16-8-4-3-5-9-16)21(30)17-10-6-7-11-18(17)29(22)23/h3-11,15H,12-14H2,1-2H3. The largest absolute Gasteiger partial charge is 0.339 e. The van der Waals surface area contributed by atoms with Crippen LogP contribution in [0.2, 0.25) is 0 Å². The molecule has 0 saturated carbocycles. The maximum absolute atomic E-state index is 13.3. The van der Waals surface area contributed by atoms with E-state index >= 15 is 0 Å². The minimum atomic E-state index is -0.0857. The van der Waals surface area contributed by atoms with E-state index in [2.05, 4.69) is 34.2 Å². The van der Waals surface area contributed by atoms with Gasteiger partial charge in [0.25, 0.3) is 5.56 Å². The van der Waals surface area contributed by atoms with Gasteiger partial charge in [0.1, 0.15) is 0 Å². The van der Waals surface area contributed by atoms with Gasteiger partial charge in [-0.25, -0.2) is 0 Å². The Bertz CT molecular complexity index is 1440. The second kappa shape index (κ2) is 8.58. The minimum Gasteiger partial charge on any atom is -0.339 e. The summed E-state index contributed by atoms with van der Waals surface area (Å²) in [4.78, 5) is 17.7. The highest BCUT2D eigenvalue weighted by atomic mass is 32.2. The number of aromatic nitrogens is 6. The Morgan fingerprint density at radius 1 is 1.03 bits per heavy atom. The normalized spacial score (nSPS) is 11.7. The van der Waals surface area contributed by atoms with Gasteiger partial charge in [-0.3, -0.25) is 13.8 Å². The number of hydrogen-bond acceptors (Lipinski definition) is 7. The van der Waals surface area contributed by atoms with Crippen molar-refractivity contribution in [2.45, 2.75) is 37.7 Å². The summed E-state index contributed by atoms with van der Waals surface area (Å²) >= 11 is 1.47. The molecule has 0 aliphatic carbocycles. The molecule has 0 aliphatic heterocycles. The van der Waals surface area contributed by atoms with Gasteiger partial charge in [-0.05, 0) is 23.6 Å². The lowest BCUT2D eigenvalue weighted by atomic mass is 10.1. The molecule has 0 fully saturated rings. The van der Waals surface area contributed by atoms with E-state index in [-0.39, 0.29) is 5.56 Å². The van der Waals surface area contributed by atoms with Gasteiger partial charge >= 0.3 is 0 Å². The topological polar surface area (TPSA) is 91.1 Å². The first-order chi connectivity index (χ1) is 15.6. The van der Waals surface area contributed by atoms with Crippen molar-refractivity contribution in [3.63, 3.8) is 0 Å². The Morgan fingerprint density at radius 2 is 1.81 bits per heavy atom. The monoisotopic (exact) mass is 446 g/mol. The van der Waals surface area contributed by atoms with Crippen LogP contribution >= 0.6 is 11.8 Å². The molecule has 0 N–H and O–H groups in total. The summed E-state index contributed by atoms with van der Waals surface area (Å²) in [6.07, 6.45) is 0.752. The molecule has 3 heterocycles. The van der Waals surface area contributed by atoms with Crippen molar-refractivity contribution in [2.24, 2.45) is 5.92 Å². The van der Waals surface area contributed by atoms with Crippen LogP contribution in [0.25, 0.3) is 16.7 Å². The molecule has 0 unspecified atom stereocenters. The smallest absolute Gasteiger partial charge is 0.263 e. The molecule has 0 atom stereocenters. The molecular weight excluding hydrogens is 424 g/mol. The van der Waals surface area contributed by atoms with Gasteiger partial charge in [0.05, 0.1) is 23.2 Å². The SMILES string of the molecule is CC(C)Cc1nc(CSc2nnc3n(Cc4ccccc4)c(=O)c4ccccc4n23)no1. The van der Waals surface area contributed by atoms with Crippen molar-refractivity contribution in [1.82, 2.24) is 29.3 Å². The second-order valence-electron chi connectivity index (χ2n) is 8.00. The molecule has 9 heteroatoms. The third-order valence-corrected chi connectivity index (χ3v) is 6.01. The van der Waals surface area contributed by atoms with E-state index in [0.29, 0.717) is 46.3 Å². The quantitative estimate of drug-likeness (QED) is 0.349. The number of nitrogens with zero attached hydrogens (tertiary/aromatic N) is 6. The molecule has 0 saturated heterocycles. The number of benzene rings is 2. The van der Waals surface area contributed by atoms with Crippen molar-refractivity contribution in [3.05, 3.63) is 82.2 Å². The van der Waals surface area contributed by atoms with E-state index in [1.54, 1.807) is 4.57 Å². The zero-order valence-corrected chi connectivity index (χ0v) is 18.6. The number of thioether (sulfide) groups is 1. The Morgan fingerprint density at radius 3 is 2.62 bits per heavy atom. The summed E-state index contributed by atoms with van der Waals surface area (Å²) in [6, 6.07) is 17.4. The fraction of sp³-hybridized carbons (Fsp3) is 0.261. The van der Waals surface area contributed by atoms with Crippen LogP contribution in [-0.4, -0.2) is 29.3 Å². The molecule has 162 valence electrons. The number of hydrogen-bond donors (Lipinski definition) is 0. The van der Waals surface area contributed by atoms with Crippen LogP contribution in [0, 0.1) is 5.92 Å². The van der Waals surface area contributed by atoms with Crippen LogP contribution in [0.3, 0.4) is 0 Å². The van der Waals surface area contributed by atoms with E-state index in [4.69, 9.17) is 4.52 Å². The first-order valence-electron chi connectivity index (χ1n) is 10.4. The van der Waals surface area contributed by atoms with E-state index in [1.807, 2.05) is 59.0 Å². The molecule has 0 amide bonds. The van der Waals surface area contributed by atoms with Gasteiger partial charge < -0.3 is 4.52 Å². The predicted molar refractivity (Wildman–Crippen MR) is 123 cm³/mol. The number of rotatable bonds is 7. The fourth-order valence-electron chi connectivity index (χ4n) is 3.65. The molecule has 2 aromatic carbocycles. The zero-order valence-electron chi connectivity index (χ0n) is 17.8. The molecule has 3 aromatic heterocycles. The lowest BCUT2D eigenvalue weighted by molar-refractivity contribution is 0.360. The van der Waals surface area contributed by atoms with Crippen molar-refractivity contribution >= 4 is 28.4 Å². The highest BCUT2D eigenvalue weighted by Gasteiger charge is 2.18. The Labute approximate surface area is 188 Å². The molecule has 0 aliphatic rings. The van der Waals surface area contributed by atoms with Crippen LogP contribution in [0.1, 0.15) is 31.1 Å². The molecule has 0 bridgehead atoms. The molecular formula is C23H22N6O2S. The predicted octanol–water partition coefficient (Wildman–Crippen LogP) is 3.97. The summed E-state index contributed by atoms with van der Waals surface area (Å²) < 4.78 is 8.94. The van der Waals surface area contributed by atoms with Crippen LogP contribution in [0.4, 0.5) is 0 Å². The first-order valence-corrected chi connectivity index (χ1v) is 11.4. The first kappa shape index (κ1) is 20.4. The van der Waals surface area contributed by atoms with Crippen LogP contribution < -0.4 is 5.56 Å². The number of para-hydroxylation sites is 1. The Kier molecular flexibility index (Phi) is 5.48. The molecule has 0 radical (unpaired) electrons. The summed E-state index contributed by atoms with van der Waals surface area (Å²) in [5.41, 5.74) is 1.71. The van der Waals surface area contributed by atoms with Gasteiger partial charge in [0, 0.05) is 6.42 Å². The molecule has 0 spiro atoms. The molecule has 5 rings (SSSR count). The van der Waals surface area contributed by atoms with Gasteiger partial charge in [0.15, 0.2) is 11.0 Å².